The molecule has 6 rings (SSSR count). The van der Waals surface area contributed by atoms with Gasteiger partial charge in [-0.25, -0.2) is 0 Å². The quantitative estimate of drug-likeness (QED) is 0.197. The normalized spacial score (nSPS) is 13.4. The average molecular weight is 519 g/mol. The van der Waals surface area contributed by atoms with E-state index in [2.05, 4.69) is 94.4 Å². The first-order chi connectivity index (χ1) is 18.8. The lowest BCUT2D eigenvalue weighted by atomic mass is 10.1. The number of nitrogens with zero attached hydrogens (tertiary/aromatic N) is 2. The maximum Gasteiger partial charge on any atom is 0.123 e. The molecule has 4 nitrogen and oxygen atoms in total. The molecule has 0 unspecified atom stereocenters. The molecule has 0 radical (unpaired) electrons. The highest BCUT2D eigenvalue weighted by molar-refractivity contribution is 5.87. The number of methoxy groups -OCH3 is 1. The molecule has 0 aliphatic carbocycles. The Morgan fingerprint density at radius 2 is 1.46 bits per heavy atom. The summed E-state index contributed by atoms with van der Waals surface area (Å²) >= 11 is 0. The van der Waals surface area contributed by atoms with Crippen LogP contribution in [0.4, 0.5) is 0 Å². The maximum atomic E-state index is 6.03. The van der Waals surface area contributed by atoms with Crippen LogP contribution in [0.5, 0.6) is 11.5 Å². The molecule has 0 bridgehead atoms. The molecule has 5 aromatic rings. The van der Waals surface area contributed by atoms with Gasteiger partial charge in [-0.05, 0) is 85.1 Å². The van der Waals surface area contributed by atoms with Crippen LogP contribution in [-0.4, -0.2) is 29.7 Å². The van der Waals surface area contributed by atoms with Crippen molar-refractivity contribution in [2.24, 2.45) is 0 Å². The zero-order chi connectivity index (χ0) is 25.7. The van der Waals surface area contributed by atoms with Crippen molar-refractivity contribution in [3.05, 3.63) is 120 Å². The van der Waals surface area contributed by atoms with Gasteiger partial charge in [-0.1, -0.05) is 68.1 Å². The summed E-state index contributed by atoms with van der Waals surface area (Å²) in [6, 6.07) is 36.3. The van der Waals surface area contributed by atoms with Crippen LogP contribution in [0.1, 0.15) is 37.0 Å². The molecule has 200 valence electrons. The fourth-order valence-electron chi connectivity index (χ4n) is 5.46. The molecular weight excluding hydrogens is 480 g/mol. The Morgan fingerprint density at radius 3 is 2.23 bits per heavy atom. The number of ether oxygens (including phenoxy) is 2. The number of benzene rings is 4. The summed E-state index contributed by atoms with van der Waals surface area (Å²) in [5, 5.41) is 1.24. The highest BCUT2D eigenvalue weighted by atomic mass is 16.5. The molecule has 4 heteroatoms. The molecule has 0 amide bonds. The molecule has 2 heterocycles. The van der Waals surface area contributed by atoms with Gasteiger partial charge < -0.3 is 14.0 Å². The van der Waals surface area contributed by atoms with Crippen LogP contribution in [0.2, 0.25) is 0 Å². The van der Waals surface area contributed by atoms with E-state index in [0.29, 0.717) is 6.61 Å². The van der Waals surface area contributed by atoms with Gasteiger partial charge in [0.2, 0.25) is 0 Å². The van der Waals surface area contributed by atoms with E-state index in [1.807, 2.05) is 18.2 Å². The van der Waals surface area contributed by atoms with E-state index in [0.717, 1.165) is 24.6 Å². The zero-order valence-electron chi connectivity index (χ0n) is 22.0. The van der Waals surface area contributed by atoms with Crippen LogP contribution in [0.3, 0.4) is 0 Å². The molecule has 4 aromatic carbocycles. The molecular formula is C35H38N2O2. The van der Waals surface area contributed by atoms with E-state index in [9.17, 15) is 0 Å². The minimum Gasteiger partial charge on any atom is -0.496 e. The fraction of sp³-hybridized carbons (Fsp3) is 0.257. The summed E-state index contributed by atoms with van der Waals surface area (Å²) in [5.41, 5.74) is 7.26. The Morgan fingerprint density at radius 1 is 0.718 bits per heavy atom. The van der Waals surface area contributed by atoms with E-state index in [1.165, 1.54) is 64.8 Å². The summed E-state index contributed by atoms with van der Waals surface area (Å²) in [5.74, 6) is 1.85. The highest BCUT2D eigenvalue weighted by Crippen LogP contribution is 2.32. The van der Waals surface area contributed by atoms with Crippen molar-refractivity contribution in [2.45, 2.75) is 40.0 Å². The van der Waals surface area contributed by atoms with Crippen molar-refractivity contribution < 1.29 is 9.47 Å². The lowest BCUT2D eigenvalue weighted by molar-refractivity contribution is 0.306. The van der Waals surface area contributed by atoms with Gasteiger partial charge in [0, 0.05) is 35.2 Å². The first-order valence-corrected chi connectivity index (χ1v) is 13.5. The molecule has 1 aromatic heterocycles. The average Bonchev–Trinajstić information content (AvgIpc) is 3.62. The van der Waals surface area contributed by atoms with Crippen molar-refractivity contribution in [1.29, 1.82) is 0 Å². The maximum absolute atomic E-state index is 6.03. The fourth-order valence-corrected chi connectivity index (χ4v) is 5.46. The second kappa shape index (κ2) is 12.2. The van der Waals surface area contributed by atoms with Gasteiger partial charge in [-0.15, -0.1) is 0 Å². The Balaban J connectivity index is 0.00000308. The summed E-state index contributed by atoms with van der Waals surface area (Å²) in [7, 11) is 1.78. The third-order valence-corrected chi connectivity index (χ3v) is 7.49. The van der Waals surface area contributed by atoms with Crippen molar-refractivity contribution in [1.82, 2.24) is 9.47 Å². The Kier molecular flexibility index (Phi) is 8.33. The molecule has 39 heavy (non-hydrogen) atoms. The SMILES string of the molecule is C.COc1cc(Cn2c(-c3ccc(OCc4ccccc4)cc3)cc3ccccc32)ccc1CN1CCCC1. The second-order valence-corrected chi connectivity index (χ2v) is 10.1. The number of para-hydroxylation sites is 1. The second-order valence-electron chi connectivity index (χ2n) is 10.1. The topological polar surface area (TPSA) is 26.6 Å². The molecule has 1 aliphatic heterocycles. The summed E-state index contributed by atoms with van der Waals surface area (Å²) in [6.07, 6.45) is 2.59. The van der Waals surface area contributed by atoms with Crippen LogP contribution in [0.15, 0.2) is 103 Å². The number of fused-ring (bicyclic) bond motifs is 1. The van der Waals surface area contributed by atoms with E-state index < -0.39 is 0 Å². The van der Waals surface area contributed by atoms with Crippen molar-refractivity contribution >= 4 is 10.9 Å². The minimum atomic E-state index is 0. The van der Waals surface area contributed by atoms with Crippen molar-refractivity contribution in [3.63, 3.8) is 0 Å². The van der Waals surface area contributed by atoms with Crippen LogP contribution in [0, 0.1) is 0 Å². The van der Waals surface area contributed by atoms with E-state index >= 15 is 0 Å². The number of aromatic nitrogens is 1. The number of hydrogen-bond acceptors (Lipinski definition) is 3. The number of rotatable bonds is 9. The first kappa shape index (κ1) is 26.6. The number of likely N-dealkylation sites (tertiary alicyclic amines) is 1. The first-order valence-electron chi connectivity index (χ1n) is 13.5. The Bertz CT molecular complexity index is 1500. The summed E-state index contributed by atoms with van der Waals surface area (Å²) < 4.78 is 14.3. The van der Waals surface area contributed by atoms with Crippen molar-refractivity contribution in [3.8, 4) is 22.8 Å². The lowest BCUT2D eigenvalue weighted by Crippen LogP contribution is -2.18. The summed E-state index contributed by atoms with van der Waals surface area (Å²) in [6.45, 7) is 4.66. The van der Waals surface area contributed by atoms with Crippen LogP contribution in [-0.2, 0) is 19.7 Å². The molecule has 0 spiro atoms. The van der Waals surface area contributed by atoms with Gasteiger partial charge in [0.1, 0.15) is 18.1 Å². The van der Waals surface area contributed by atoms with Crippen LogP contribution >= 0.6 is 0 Å². The van der Waals surface area contributed by atoms with E-state index in [-0.39, 0.29) is 7.43 Å². The van der Waals surface area contributed by atoms with Gasteiger partial charge in [-0.2, -0.15) is 0 Å². The zero-order valence-corrected chi connectivity index (χ0v) is 22.0. The summed E-state index contributed by atoms with van der Waals surface area (Å²) in [4.78, 5) is 2.52. The van der Waals surface area contributed by atoms with Gasteiger partial charge >= 0.3 is 0 Å². The largest absolute Gasteiger partial charge is 0.496 e. The highest BCUT2D eigenvalue weighted by Gasteiger charge is 2.16. The predicted octanol–water partition coefficient (Wildman–Crippen LogP) is 8.18. The van der Waals surface area contributed by atoms with E-state index in [4.69, 9.17) is 9.47 Å². The third-order valence-electron chi connectivity index (χ3n) is 7.49. The third kappa shape index (κ3) is 6.02. The monoisotopic (exact) mass is 518 g/mol. The Hall–Kier alpha value is -4.02. The minimum absolute atomic E-state index is 0. The number of hydrogen-bond donors (Lipinski definition) is 0. The predicted molar refractivity (Wildman–Crippen MR) is 161 cm³/mol. The molecule has 0 N–H and O–H groups in total. The standard InChI is InChI=1S/C34H34N2O2.CH4/c1-37-34-21-27(13-14-30(34)24-35-19-7-8-20-35)23-36-32-12-6-5-11-29(32)22-33(36)28-15-17-31(18-16-28)38-25-26-9-3-2-4-10-26;/h2-6,9-18,21-22H,7-8,19-20,23-25H2,1H3;1H4. The van der Waals surface area contributed by atoms with Crippen LogP contribution in [0.25, 0.3) is 22.2 Å². The Labute approximate surface area is 232 Å². The van der Waals surface area contributed by atoms with E-state index in [1.54, 1.807) is 7.11 Å². The molecule has 0 atom stereocenters. The molecule has 1 fully saturated rings. The van der Waals surface area contributed by atoms with Gasteiger partial charge in [0.15, 0.2) is 0 Å². The van der Waals surface area contributed by atoms with Gasteiger partial charge in [0.05, 0.1) is 7.11 Å². The van der Waals surface area contributed by atoms with Crippen LogP contribution < -0.4 is 9.47 Å². The molecule has 1 aliphatic rings. The van der Waals surface area contributed by atoms with Crippen molar-refractivity contribution in [2.75, 3.05) is 20.2 Å². The lowest BCUT2D eigenvalue weighted by Gasteiger charge is -2.18. The van der Waals surface area contributed by atoms with Gasteiger partial charge in [0.25, 0.3) is 0 Å². The molecule has 0 saturated carbocycles. The van der Waals surface area contributed by atoms with Gasteiger partial charge in [-0.3, -0.25) is 4.90 Å². The molecule has 1 saturated heterocycles. The smallest absolute Gasteiger partial charge is 0.123 e.